The van der Waals surface area contributed by atoms with Crippen LogP contribution in [0.2, 0.25) is 0 Å². The van der Waals surface area contributed by atoms with Crippen LogP contribution in [-0.2, 0) is 0 Å². The zero-order valence-electron chi connectivity index (χ0n) is 11.9. The van der Waals surface area contributed by atoms with Gasteiger partial charge in [-0.05, 0) is 35.9 Å². The van der Waals surface area contributed by atoms with Crippen molar-refractivity contribution < 1.29 is 4.79 Å². The molecule has 1 N–H and O–H groups in total. The molecule has 0 aromatic heterocycles. The zero-order chi connectivity index (χ0) is 15.2. The van der Waals surface area contributed by atoms with Gasteiger partial charge in [0.1, 0.15) is 0 Å². The highest BCUT2D eigenvalue weighted by atomic mass is 79.9. The number of amides is 1. The minimum absolute atomic E-state index is 0.238. The Hall–Kier alpha value is -2.14. The monoisotopic (exact) mass is 345 g/mol. The maximum atomic E-state index is 11.9. The van der Waals surface area contributed by atoms with Crippen LogP contribution < -0.4 is 10.3 Å². The highest BCUT2D eigenvalue weighted by molar-refractivity contribution is 9.10. The molecule has 0 saturated carbocycles. The van der Waals surface area contributed by atoms with E-state index in [-0.39, 0.29) is 5.91 Å². The molecular formula is C16H16BrN3O. The molecule has 21 heavy (non-hydrogen) atoms. The number of carbonyl (C=O) groups is 1. The van der Waals surface area contributed by atoms with E-state index in [0.717, 1.165) is 15.7 Å². The first kappa shape index (κ1) is 15.3. The maximum absolute atomic E-state index is 11.9. The molecule has 0 radical (unpaired) electrons. The molecule has 0 atom stereocenters. The molecule has 0 spiro atoms. The van der Waals surface area contributed by atoms with Crippen LogP contribution in [-0.4, -0.2) is 26.2 Å². The predicted octanol–water partition coefficient (Wildman–Crippen LogP) is 3.28. The fourth-order valence-electron chi connectivity index (χ4n) is 1.72. The lowest BCUT2D eigenvalue weighted by atomic mass is 10.2. The first-order valence-electron chi connectivity index (χ1n) is 6.42. The van der Waals surface area contributed by atoms with E-state index in [2.05, 4.69) is 26.5 Å². The van der Waals surface area contributed by atoms with E-state index in [1.807, 2.05) is 55.4 Å². The minimum Gasteiger partial charge on any atom is -0.378 e. The largest absolute Gasteiger partial charge is 0.378 e. The molecule has 0 aliphatic carbocycles. The quantitative estimate of drug-likeness (QED) is 0.682. The Morgan fingerprint density at radius 1 is 1.19 bits per heavy atom. The van der Waals surface area contributed by atoms with Gasteiger partial charge in [0.25, 0.3) is 5.91 Å². The zero-order valence-corrected chi connectivity index (χ0v) is 13.5. The second-order valence-corrected chi connectivity index (χ2v) is 5.61. The summed E-state index contributed by atoms with van der Waals surface area (Å²) in [5, 5.41) is 3.97. The van der Waals surface area contributed by atoms with Gasteiger partial charge in [0.2, 0.25) is 0 Å². The smallest absolute Gasteiger partial charge is 0.271 e. The van der Waals surface area contributed by atoms with Crippen LogP contribution in [0.3, 0.4) is 0 Å². The van der Waals surface area contributed by atoms with Crippen molar-refractivity contribution in [1.82, 2.24) is 5.43 Å². The van der Waals surface area contributed by atoms with Crippen LogP contribution in [0.4, 0.5) is 5.69 Å². The van der Waals surface area contributed by atoms with Gasteiger partial charge in [0.15, 0.2) is 0 Å². The normalized spacial score (nSPS) is 10.6. The van der Waals surface area contributed by atoms with E-state index < -0.39 is 0 Å². The number of rotatable bonds is 4. The van der Waals surface area contributed by atoms with Gasteiger partial charge in [0.05, 0.1) is 6.21 Å². The minimum atomic E-state index is -0.238. The van der Waals surface area contributed by atoms with Crippen molar-refractivity contribution in [1.29, 1.82) is 0 Å². The summed E-state index contributed by atoms with van der Waals surface area (Å²) in [6.07, 6.45) is 1.62. The summed E-state index contributed by atoms with van der Waals surface area (Å²) < 4.78 is 0.860. The summed E-state index contributed by atoms with van der Waals surface area (Å²) in [6.45, 7) is 0. The topological polar surface area (TPSA) is 44.7 Å². The van der Waals surface area contributed by atoms with E-state index in [1.54, 1.807) is 18.3 Å². The summed E-state index contributed by atoms with van der Waals surface area (Å²) in [5.41, 5.74) is 5.11. The van der Waals surface area contributed by atoms with E-state index in [0.29, 0.717) is 5.56 Å². The van der Waals surface area contributed by atoms with Gasteiger partial charge in [-0.25, -0.2) is 5.43 Å². The summed E-state index contributed by atoms with van der Waals surface area (Å²) in [4.78, 5) is 13.9. The van der Waals surface area contributed by atoms with E-state index in [9.17, 15) is 4.79 Å². The van der Waals surface area contributed by atoms with Crippen LogP contribution in [0, 0.1) is 0 Å². The van der Waals surface area contributed by atoms with Crippen LogP contribution in [0.15, 0.2) is 58.1 Å². The number of benzene rings is 2. The molecule has 0 saturated heterocycles. The SMILES string of the molecule is CN(C)c1ccc(/C=N\NC(=O)c2cccc(Br)c2)cc1. The first-order chi connectivity index (χ1) is 10.1. The van der Waals surface area contributed by atoms with Crippen LogP contribution in [0.5, 0.6) is 0 Å². The molecule has 1 amide bonds. The highest BCUT2D eigenvalue weighted by Gasteiger charge is 2.03. The molecule has 2 aromatic rings. The highest BCUT2D eigenvalue weighted by Crippen LogP contribution is 2.12. The molecule has 4 nitrogen and oxygen atoms in total. The number of hydrazone groups is 1. The van der Waals surface area contributed by atoms with Crippen LogP contribution in [0.1, 0.15) is 15.9 Å². The van der Waals surface area contributed by atoms with Crippen LogP contribution >= 0.6 is 15.9 Å². The number of hydrogen-bond acceptors (Lipinski definition) is 3. The van der Waals surface area contributed by atoms with Crippen molar-refractivity contribution in [3.05, 3.63) is 64.1 Å². The van der Waals surface area contributed by atoms with Gasteiger partial charge in [-0.15, -0.1) is 0 Å². The average molecular weight is 346 g/mol. The molecular weight excluding hydrogens is 330 g/mol. The molecule has 0 bridgehead atoms. The standard InChI is InChI=1S/C16H16BrN3O/c1-20(2)15-8-6-12(7-9-15)11-18-19-16(21)13-4-3-5-14(17)10-13/h3-11H,1-2H3,(H,19,21)/b18-11-. The van der Waals surface area contributed by atoms with Crippen LogP contribution in [0.25, 0.3) is 0 Å². The lowest BCUT2D eigenvalue weighted by molar-refractivity contribution is 0.0955. The summed E-state index contributed by atoms with van der Waals surface area (Å²) in [6, 6.07) is 15.1. The Morgan fingerprint density at radius 3 is 2.52 bits per heavy atom. The van der Waals surface area contributed by atoms with Gasteiger partial charge in [-0.3, -0.25) is 4.79 Å². The predicted molar refractivity (Wildman–Crippen MR) is 90.0 cm³/mol. The molecule has 5 heteroatoms. The summed E-state index contributed by atoms with van der Waals surface area (Å²) in [5.74, 6) is -0.238. The fourth-order valence-corrected chi connectivity index (χ4v) is 2.12. The van der Waals surface area contributed by atoms with Crippen molar-refractivity contribution in [2.45, 2.75) is 0 Å². The number of nitrogens with one attached hydrogen (secondary N) is 1. The van der Waals surface area contributed by atoms with Crippen molar-refractivity contribution in [2.75, 3.05) is 19.0 Å². The maximum Gasteiger partial charge on any atom is 0.271 e. The van der Waals surface area contributed by atoms with E-state index in [4.69, 9.17) is 0 Å². The lowest BCUT2D eigenvalue weighted by Crippen LogP contribution is -2.17. The Bertz CT molecular complexity index is 651. The molecule has 0 aliphatic heterocycles. The molecule has 0 fully saturated rings. The Balaban J connectivity index is 1.97. The number of nitrogens with zero attached hydrogens (tertiary/aromatic N) is 2. The number of halogens is 1. The van der Waals surface area contributed by atoms with Crippen molar-refractivity contribution in [2.24, 2.45) is 5.10 Å². The van der Waals surface area contributed by atoms with E-state index >= 15 is 0 Å². The van der Waals surface area contributed by atoms with Gasteiger partial charge in [-0.2, -0.15) is 5.10 Å². The number of hydrogen-bond donors (Lipinski definition) is 1. The number of anilines is 1. The van der Waals surface area contributed by atoms with Gasteiger partial charge >= 0.3 is 0 Å². The molecule has 108 valence electrons. The second-order valence-electron chi connectivity index (χ2n) is 4.70. The molecule has 0 aliphatic rings. The summed E-state index contributed by atoms with van der Waals surface area (Å²) >= 11 is 3.33. The first-order valence-corrected chi connectivity index (χ1v) is 7.22. The van der Waals surface area contributed by atoms with E-state index in [1.165, 1.54) is 0 Å². The van der Waals surface area contributed by atoms with Crippen molar-refractivity contribution in [3.63, 3.8) is 0 Å². The molecule has 2 aromatic carbocycles. The van der Waals surface area contributed by atoms with Gasteiger partial charge < -0.3 is 4.90 Å². The third-order valence-corrected chi connectivity index (χ3v) is 3.37. The lowest BCUT2D eigenvalue weighted by Gasteiger charge is -2.11. The Labute approximate surface area is 132 Å². The molecule has 2 rings (SSSR count). The third kappa shape index (κ3) is 4.43. The molecule has 0 heterocycles. The Kier molecular flexibility index (Phi) is 5.11. The third-order valence-electron chi connectivity index (χ3n) is 2.88. The Morgan fingerprint density at radius 2 is 1.90 bits per heavy atom. The van der Waals surface area contributed by atoms with Crippen molar-refractivity contribution >= 4 is 33.7 Å². The average Bonchev–Trinajstić information content (AvgIpc) is 2.47. The molecule has 0 unspecified atom stereocenters. The van der Waals surface area contributed by atoms with Crippen molar-refractivity contribution in [3.8, 4) is 0 Å². The van der Waals surface area contributed by atoms with Gasteiger partial charge in [-0.1, -0.05) is 34.1 Å². The fraction of sp³-hybridized carbons (Fsp3) is 0.125. The number of carbonyl (C=O) groups excluding carboxylic acids is 1. The summed E-state index contributed by atoms with van der Waals surface area (Å²) in [7, 11) is 3.97. The van der Waals surface area contributed by atoms with Gasteiger partial charge in [0, 0.05) is 29.8 Å². The second kappa shape index (κ2) is 7.04.